The first-order chi connectivity index (χ1) is 14.8. The number of rotatable bonds is 2. The Balaban J connectivity index is 1.33. The van der Waals surface area contributed by atoms with E-state index in [1.807, 2.05) is 6.07 Å². The van der Waals surface area contributed by atoms with Crippen LogP contribution in [0.15, 0.2) is 77.2 Å². The van der Waals surface area contributed by atoms with Crippen LogP contribution in [0.25, 0.3) is 33.1 Å². The molecule has 0 aliphatic heterocycles. The molecule has 4 aliphatic carbocycles. The molecule has 4 aliphatic rings. The fourth-order valence-corrected chi connectivity index (χ4v) is 7.46. The zero-order valence-electron chi connectivity index (χ0n) is 17.3. The number of hydrogen-bond acceptors (Lipinski definition) is 0. The van der Waals surface area contributed by atoms with Crippen molar-refractivity contribution in [3.63, 3.8) is 0 Å². The Bertz CT molecular complexity index is 1230. The molecule has 1 heteroatoms. The molecule has 4 bridgehead atoms. The van der Waals surface area contributed by atoms with Gasteiger partial charge in [-0.3, -0.25) is 0 Å². The van der Waals surface area contributed by atoms with Crippen molar-refractivity contribution in [2.24, 2.45) is 17.8 Å². The highest BCUT2D eigenvalue weighted by molar-refractivity contribution is 6.06. The minimum atomic E-state index is 0.458. The molecule has 4 aromatic rings. The molecule has 8 rings (SSSR count). The summed E-state index contributed by atoms with van der Waals surface area (Å²) in [6, 6.07) is 26.4. The highest BCUT2D eigenvalue weighted by Crippen LogP contribution is 2.60. The summed E-state index contributed by atoms with van der Waals surface area (Å²) in [5, 5.41) is 3.88. The quantitative estimate of drug-likeness (QED) is 0.249. The van der Waals surface area contributed by atoms with Crippen molar-refractivity contribution < 1.29 is 4.42 Å². The van der Waals surface area contributed by atoms with E-state index in [1.165, 1.54) is 54.7 Å². The Morgan fingerprint density at radius 2 is 1.37 bits per heavy atom. The average molecular weight is 392 g/mol. The van der Waals surface area contributed by atoms with Crippen molar-refractivity contribution in [2.75, 3.05) is 0 Å². The van der Waals surface area contributed by atoms with Crippen molar-refractivity contribution in [3.8, 4) is 11.3 Å². The molecule has 0 radical (unpaired) electrons. The van der Waals surface area contributed by atoms with Gasteiger partial charge in [0, 0.05) is 12.1 Å². The summed E-state index contributed by atoms with van der Waals surface area (Å²) in [5.41, 5.74) is 4.15. The molecule has 1 heterocycles. The molecule has 0 spiro atoms. The van der Waals surface area contributed by atoms with Gasteiger partial charge in [0.2, 0.25) is 0 Å². The summed E-state index contributed by atoms with van der Waals surface area (Å²) < 4.78 is 6.29. The van der Waals surface area contributed by atoms with Gasteiger partial charge in [0.05, 0.1) is 10.9 Å². The first kappa shape index (κ1) is 17.1. The molecule has 4 saturated carbocycles. The molecule has 0 unspecified atom stereocenters. The van der Waals surface area contributed by atoms with Gasteiger partial charge in [-0.1, -0.05) is 36.4 Å². The fourth-order valence-electron chi connectivity index (χ4n) is 7.46. The van der Waals surface area contributed by atoms with E-state index in [-0.39, 0.29) is 0 Å². The third-order valence-corrected chi connectivity index (χ3v) is 8.35. The van der Waals surface area contributed by atoms with Crippen LogP contribution in [0.2, 0.25) is 0 Å². The number of hydrogen-bond donors (Lipinski definition) is 0. The van der Waals surface area contributed by atoms with Crippen LogP contribution in [0.3, 0.4) is 0 Å². The van der Waals surface area contributed by atoms with E-state index >= 15 is 0 Å². The SMILES string of the molecule is c1ccc(-c2ccc3c(ccc4cc(C56CC7CC(CC(C7)C5)C6)ccc43)[o+]2)cc1. The van der Waals surface area contributed by atoms with Crippen molar-refractivity contribution in [1.29, 1.82) is 0 Å². The monoisotopic (exact) mass is 391 g/mol. The zero-order chi connectivity index (χ0) is 19.7. The highest BCUT2D eigenvalue weighted by Gasteiger charge is 2.51. The Hall–Kier alpha value is -2.67. The molecule has 3 aromatic carbocycles. The van der Waals surface area contributed by atoms with Crippen LogP contribution in [0.1, 0.15) is 44.1 Å². The lowest BCUT2D eigenvalue weighted by molar-refractivity contribution is -0.00512. The molecule has 1 aromatic heterocycles. The maximum absolute atomic E-state index is 6.29. The molecule has 1 nitrogen and oxygen atoms in total. The van der Waals surface area contributed by atoms with Crippen molar-refractivity contribution in [3.05, 3.63) is 78.4 Å². The van der Waals surface area contributed by atoms with Crippen LogP contribution in [-0.2, 0) is 5.41 Å². The van der Waals surface area contributed by atoms with Gasteiger partial charge in [-0.15, -0.1) is 0 Å². The van der Waals surface area contributed by atoms with E-state index < -0.39 is 0 Å². The third-order valence-electron chi connectivity index (χ3n) is 8.35. The molecule has 0 atom stereocenters. The predicted molar refractivity (Wildman–Crippen MR) is 123 cm³/mol. The summed E-state index contributed by atoms with van der Waals surface area (Å²) in [5.74, 6) is 3.88. The van der Waals surface area contributed by atoms with Crippen molar-refractivity contribution in [1.82, 2.24) is 0 Å². The lowest BCUT2D eigenvalue weighted by Gasteiger charge is -2.57. The summed E-state index contributed by atoms with van der Waals surface area (Å²) in [6.07, 6.45) is 8.78. The summed E-state index contributed by atoms with van der Waals surface area (Å²) >= 11 is 0. The van der Waals surface area contributed by atoms with Gasteiger partial charge in [-0.2, -0.15) is 0 Å². The standard InChI is InChI=1S/C29H27O/c1-2-4-22(5-3-1)27-11-9-26-25-8-7-24(15-23(25)6-10-28(26)30-27)29-16-19-12-20(17-29)14-21(13-19)18-29/h1-11,15,19-21H,12-14,16-18H2/q+1. The van der Waals surface area contributed by atoms with Crippen molar-refractivity contribution in [2.45, 2.75) is 43.9 Å². The molecular weight excluding hydrogens is 364 g/mol. The van der Waals surface area contributed by atoms with Crippen molar-refractivity contribution >= 4 is 21.7 Å². The summed E-state index contributed by atoms with van der Waals surface area (Å²) in [6.45, 7) is 0. The Kier molecular flexibility index (Phi) is 3.51. The lowest BCUT2D eigenvalue weighted by Crippen LogP contribution is -2.48. The van der Waals surface area contributed by atoms with E-state index in [0.717, 1.165) is 34.7 Å². The van der Waals surface area contributed by atoms with Crippen LogP contribution >= 0.6 is 0 Å². The molecular formula is C29H27O+. The summed E-state index contributed by atoms with van der Waals surface area (Å²) in [4.78, 5) is 0. The van der Waals surface area contributed by atoms with Gasteiger partial charge in [0.1, 0.15) is 0 Å². The average Bonchev–Trinajstić information content (AvgIpc) is 2.78. The lowest BCUT2D eigenvalue weighted by atomic mass is 9.48. The second-order valence-corrected chi connectivity index (χ2v) is 10.3. The smallest absolute Gasteiger partial charge is 0.207 e. The number of fused-ring (bicyclic) bond motifs is 3. The maximum atomic E-state index is 6.29. The zero-order valence-corrected chi connectivity index (χ0v) is 17.3. The van der Waals surface area contributed by atoms with Gasteiger partial charge < -0.3 is 0 Å². The summed E-state index contributed by atoms with van der Waals surface area (Å²) in [7, 11) is 0. The van der Waals surface area contributed by atoms with Gasteiger partial charge in [0.15, 0.2) is 0 Å². The number of benzene rings is 3. The van der Waals surface area contributed by atoms with Gasteiger partial charge in [0.25, 0.3) is 0 Å². The van der Waals surface area contributed by atoms with Crippen LogP contribution < -0.4 is 0 Å². The van der Waals surface area contributed by atoms with E-state index in [0.29, 0.717) is 5.41 Å². The normalized spacial score (nSPS) is 29.7. The second-order valence-electron chi connectivity index (χ2n) is 10.3. The topological polar surface area (TPSA) is 11.3 Å². The maximum Gasteiger partial charge on any atom is 0.361 e. The van der Waals surface area contributed by atoms with Crippen LogP contribution in [0.4, 0.5) is 0 Å². The predicted octanol–water partition coefficient (Wildman–Crippen LogP) is 8.00. The first-order valence-corrected chi connectivity index (χ1v) is 11.6. The molecule has 4 fully saturated rings. The third kappa shape index (κ3) is 2.51. The van der Waals surface area contributed by atoms with Gasteiger partial charge in [-0.05, 0) is 102 Å². The van der Waals surface area contributed by atoms with E-state index in [2.05, 4.69) is 66.7 Å². The molecule has 148 valence electrons. The van der Waals surface area contributed by atoms with Gasteiger partial charge >= 0.3 is 11.3 Å². The van der Waals surface area contributed by atoms with Crippen LogP contribution in [-0.4, -0.2) is 0 Å². The Morgan fingerprint density at radius 1 is 0.667 bits per heavy atom. The van der Waals surface area contributed by atoms with E-state index in [1.54, 1.807) is 5.56 Å². The minimum absolute atomic E-state index is 0.458. The molecule has 30 heavy (non-hydrogen) atoms. The van der Waals surface area contributed by atoms with Crippen LogP contribution in [0.5, 0.6) is 0 Å². The molecule has 0 saturated heterocycles. The molecule has 0 amide bonds. The minimum Gasteiger partial charge on any atom is -0.207 e. The highest BCUT2D eigenvalue weighted by atomic mass is 16.3. The van der Waals surface area contributed by atoms with Crippen LogP contribution in [0, 0.1) is 17.8 Å². The second kappa shape index (κ2) is 6.17. The Morgan fingerprint density at radius 3 is 2.10 bits per heavy atom. The first-order valence-electron chi connectivity index (χ1n) is 11.6. The Labute approximate surface area is 177 Å². The largest absolute Gasteiger partial charge is 0.361 e. The van der Waals surface area contributed by atoms with E-state index in [4.69, 9.17) is 4.42 Å². The molecule has 0 N–H and O–H groups in total. The van der Waals surface area contributed by atoms with E-state index in [9.17, 15) is 0 Å². The van der Waals surface area contributed by atoms with Gasteiger partial charge in [-0.25, -0.2) is 4.42 Å². The fraction of sp³-hybridized carbons (Fsp3) is 0.345.